The Bertz CT molecular complexity index is 76.2. The maximum atomic E-state index is 5.35. The molecule has 0 aromatic carbocycles. The van der Waals surface area contributed by atoms with Crippen LogP contribution in [0.3, 0.4) is 0 Å². The number of hydrogen-bond donors (Lipinski definition) is 0. The second-order valence-corrected chi connectivity index (χ2v) is 2.92. The first-order valence-electron chi connectivity index (χ1n) is 5.06. The zero-order valence-electron chi connectivity index (χ0n) is 8.88. The van der Waals surface area contributed by atoms with Crippen LogP contribution < -0.4 is 0 Å². The van der Waals surface area contributed by atoms with Crippen molar-refractivity contribution in [1.82, 2.24) is 0 Å². The molecule has 0 amide bonds. The van der Waals surface area contributed by atoms with Gasteiger partial charge in [-0.15, -0.1) is 0 Å². The fourth-order valence-corrected chi connectivity index (χ4v) is 0.918. The molecule has 3 heteroatoms. The molecule has 0 unspecified atom stereocenters. The maximum absolute atomic E-state index is 5.35. The minimum absolute atomic E-state index is 0.662. The number of ether oxygens (including phenoxy) is 3. The van der Waals surface area contributed by atoms with Crippen LogP contribution in [0.1, 0.15) is 26.2 Å². The van der Waals surface area contributed by atoms with Gasteiger partial charge in [-0.2, -0.15) is 0 Å². The van der Waals surface area contributed by atoms with Gasteiger partial charge in [0.1, 0.15) is 0 Å². The lowest BCUT2D eigenvalue weighted by Gasteiger charge is -2.04. The maximum Gasteiger partial charge on any atom is 0.0701 e. The van der Waals surface area contributed by atoms with Gasteiger partial charge in [0.15, 0.2) is 0 Å². The molecule has 0 aliphatic carbocycles. The highest BCUT2D eigenvalue weighted by molar-refractivity contribution is 4.37. The molecule has 0 aliphatic rings. The van der Waals surface area contributed by atoms with Crippen LogP contribution in [0.15, 0.2) is 0 Å². The van der Waals surface area contributed by atoms with Crippen molar-refractivity contribution in [2.24, 2.45) is 0 Å². The van der Waals surface area contributed by atoms with E-state index in [2.05, 4.69) is 6.92 Å². The van der Waals surface area contributed by atoms with Gasteiger partial charge in [0.2, 0.25) is 0 Å². The first-order valence-corrected chi connectivity index (χ1v) is 5.06. The van der Waals surface area contributed by atoms with Gasteiger partial charge in [-0.3, -0.25) is 0 Å². The van der Waals surface area contributed by atoms with E-state index in [9.17, 15) is 0 Å². The molecule has 13 heavy (non-hydrogen) atoms. The van der Waals surface area contributed by atoms with Crippen molar-refractivity contribution in [3.63, 3.8) is 0 Å². The Balaban J connectivity index is 2.76. The monoisotopic (exact) mass is 190 g/mol. The van der Waals surface area contributed by atoms with Crippen LogP contribution in [-0.2, 0) is 14.2 Å². The summed E-state index contributed by atoms with van der Waals surface area (Å²) >= 11 is 0. The molecule has 0 saturated heterocycles. The van der Waals surface area contributed by atoms with Crippen molar-refractivity contribution in [3.8, 4) is 0 Å². The summed E-state index contributed by atoms with van der Waals surface area (Å²) in [4.78, 5) is 0. The fraction of sp³-hybridized carbons (Fsp3) is 1.00. The van der Waals surface area contributed by atoms with Crippen LogP contribution in [0.25, 0.3) is 0 Å². The highest BCUT2D eigenvalue weighted by Crippen LogP contribution is 1.93. The summed E-state index contributed by atoms with van der Waals surface area (Å²) in [7, 11) is 1.67. The molecule has 0 rings (SSSR count). The molecule has 0 heterocycles. The Kier molecular flexibility index (Phi) is 11.8. The normalized spacial score (nSPS) is 10.6. The highest BCUT2D eigenvalue weighted by atomic mass is 16.5. The van der Waals surface area contributed by atoms with E-state index in [1.807, 2.05) is 0 Å². The van der Waals surface area contributed by atoms with Gasteiger partial charge in [-0.1, -0.05) is 19.8 Å². The lowest BCUT2D eigenvalue weighted by Crippen LogP contribution is -2.08. The minimum Gasteiger partial charge on any atom is -0.382 e. The predicted octanol–water partition coefficient (Wildman–Crippen LogP) is 1.86. The van der Waals surface area contributed by atoms with Gasteiger partial charge in [-0.25, -0.2) is 0 Å². The van der Waals surface area contributed by atoms with E-state index in [1.165, 1.54) is 12.8 Å². The standard InChI is InChI=1S/C10H22O3/c1-3-4-5-6-12-9-10-13-8-7-11-2/h3-10H2,1-2H3. The number of unbranched alkanes of at least 4 members (excludes halogenated alkanes) is 2. The molecule has 0 N–H and O–H groups in total. The summed E-state index contributed by atoms with van der Waals surface area (Å²) < 4.78 is 15.4. The topological polar surface area (TPSA) is 27.7 Å². The lowest BCUT2D eigenvalue weighted by molar-refractivity contribution is 0.0240. The number of rotatable bonds is 10. The quantitative estimate of drug-likeness (QED) is 0.492. The van der Waals surface area contributed by atoms with Crippen molar-refractivity contribution >= 4 is 0 Å². The smallest absolute Gasteiger partial charge is 0.0701 e. The van der Waals surface area contributed by atoms with Crippen LogP contribution in [0.5, 0.6) is 0 Å². The van der Waals surface area contributed by atoms with Crippen molar-refractivity contribution in [1.29, 1.82) is 0 Å². The van der Waals surface area contributed by atoms with Gasteiger partial charge in [0, 0.05) is 13.7 Å². The number of hydrogen-bond acceptors (Lipinski definition) is 3. The number of methoxy groups -OCH3 is 1. The molecule has 0 aliphatic heterocycles. The van der Waals surface area contributed by atoms with Crippen LogP contribution in [0.4, 0.5) is 0 Å². The summed E-state index contributed by atoms with van der Waals surface area (Å²) in [5.74, 6) is 0. The third-order valence-electron chi connectivity index (χ3n) is 1.70. The summed E-state index contributed by atoms with van der Waals surface area (Å²) in [5.41, 5.74) is 0. The molecule has 3 nitrogen and oxygen atoms in total. The van der Waals surface area contributed by atoms with Crippen LogP contribution >= 0.6 is 0 Å². The average molecular weight is 190 g/mol. The van der Waals surface area contributed by atoms with Gasteiger partial charge in [0.25, 0.3) is 0 Å². The molecule has 0 aromatic heterocycles. The van der Waals surface area contributed by atoms with Crippen LogP contribution in [0.2, 0.25) is 0 Å². The van der Waals surface area contributed by atoms with E-state index < -0.39 is 0 Å². The molecular formula is C10H22O3. The molecule has 0 saturated carbocycles. The SMILES string of the molecule is CCCCCOCCOCCOC. The van der Waals surface area contributed by atoms with E-state index in [0.717, 1.165) is 13.0 Å². The Hall–Kier alpha value is -0.120. The van der Waals surface area contributed by atoms with E-state index in [4.69, 9.17) is 14.2 Å². The summed E-state index contributed by atoms with van der Waals surface area (Å²) in [6, 6.07) is 0. The van der Waals surface area contributed by atoms with Crippen molar-refractivity contribution in [3.05, 3.63) is 0 Å². The summed E-state index contributed by atoms with van der Waals surface area (Å²) in [6.45, 7) is 5.75. The molecular weight excluding hydrogens is 168 g/mol. The molecule has 0 atom stereocenters. The largest absolute Gasteiger partial charge is 0.382 e. The zero-order chi connectivity index (χ0) is 9.78. The van der Waals surface area contributed by atoms with E-state index in [-0.39, 0.29) is 0 Å². The van der Waals surface area contributed by atoms with Gasteiger partial charge >= 0.3 is 0 Å². The molecule has 0 aromatic rings. The molecule has 0 spiro atoms. The minimum atomic E-state index is 0.662. The average Bonchev–Trinajstić information content (AvgIpc) is 2.16. The van der Waals surface area contributed by atoms with E-state index >= 15 is 0 Å². The Morgan fingerprint density at radius 3 is 2.00 bits per heavy atom. The van der Waals surface area contributed by atoms with E-state index in [0.29, 0.717) is 26.4 Å². The first kappa shape index (κ1) is 12.9. The van der Waals surface area contributed by atoms with Crippen LogP contribution in [-0.4, -0.2) is 40.1 Å². The second kappa shape index (κ2) is 11.9. The fourth-order valence-electron chi connectivity index (χ4n) is 0.918. The van der Waals surface area contributed by atoms with Gasteiger partial charge in [0.05, 0.1) is 26.4 Å². The summed E-state index contributed by atoms with van der Waals surface area (Å²) in [6.07, 6.45) is 3.66. The van der Waals surface area contributed by atoms with Gasteiger partial charge in [-0.05, 0) is 6.42 Å². The Labute approximate surface area is 81.4 Å². The zero-order valence-corrected chi connectivity index (χ0v) is 8.88. The van der Waals surface area contributed by atoms with Crippen LogP contribution in [0, 0.1) is 0 Å². The van der Waals surface area contributed by atoms with Gasteiger partial charge < -0.3 is 14.2 Å². The molecule has 0 bridgehead atoms. The summed E-state index contributed by atoms with van der Waals surface area (Å²) in [5, 5.41) is 0. The lowest BCUT2D eigenvalue weighted by atomic mass is 10.3. The Morgan fingerprint density at radius 1 is 0.769 bits per heavy atom. The second-order valence-electron chi connectivity index (χ2n) is 2.92. The van der Waals surface area contributed by atoms with Crippen molar-refractivity contribution in [2.45, 2.75) is 26.2 Å². The first-order chi connectivity index (χ1) is 6.41. The Morgan fingerprint density at radius 2 is 1.38 bits per heavy atom. The van der Waals surface area contributed by atoms with Crippen molar-refractivity contribution < 1.29 is 14.2 Å². The van der Waals surface area contributed by atoms with E-state index in [1.54, 1.807) is 7.11 Å². The molecule has 80 valence electrons. The third kappa shape index (κ3) is 11.9. The predicted molar refractivity (Wildman–Crippen MR) is 53.0 cm³/mol. The molecule has 0 radical (unpaired) electrons. The molecule has 0 fully saturated rings. The van der Waals surface area contributed by atoms with Crippen molar-refractivity contribution in [2.75, 3.05) is 40.1 Å². The third-order valence-corrected chi connectivity index (χ3v) is 1.70. The highest BCUT2D eigenvalue weighted by Gasteiger charge is 1.89.